The second kappa shape index (κ2) is 6.24. The van der Waals surface area contributed by atoms with Gasteiger partial charge in [0.1, 0.15) is 12.4 Å². The summed E-state index contributed by atoms with van der Waals surface area (Å²) in [6.45, 7) is 8.86. The van der Waals surface area contributed by atoms with E-state index in [2.05, 4.69) is 19.6 Å². The van der Waals surface area contributed by atoms with E-state index >= 15 is 0 Å². The van der Waals surface area contributed by atoms with Gasteiger partial charge in [0.15, 0.2) is 18.9 Å². The number of hydrogen-bond acceptors (Lipinski definition) is 2. The zero-order chi connectivity index (χ0) is 14.5. The molecule has 2 aromatic rings. The molecule has 0 radical (unpaired) electrons. The van der Waals surface area contributed by atoms with Gasteiger partial charge in [-0.2, -0.15) is 0 Å². The normalized spacial score (nSPS) is 10.3. The Hall–Kier alpha value is -2.29. The molecule has 0 unspecified atom stereocenters. The lowest BCUT2D eigenvalue weighted by Crippen LogP contribution is -2.34. The fourth-order valence-electron chi connectivity index (χ4n) is 2.16. The van der Waals surface area contributed by atoms with Crippen molar-refractivity contribution >= 4 is 0 Å². The van der Waals surface area contributed by atoms with Crippen molar-refractivity contribution in [3.8, 4) is 11.5 Å². The lowest BCUT2D eigenvalue weighted by molar-refractivity contribution is -0.690. The van der Waals surface area contributed by atoms with E-state index in [1.54, 1.807) is 24.4 Å². The Bertz CT molecular complexity index is 620. The summed E-state index contributed by atoms with van der Waals surface area (Å²) in [4.78, 5) is 0. The quantitative estimate of drug-likeness (QED) is 0.616. The van der Waals surface area contributed by atoms with Gasteiger partial charge in [-0.3, -0.25) is 0 Å². The molecule has 0 amide bonds. The van der Waals surface area contributed by atoms with E-state index in [0.29, 0.717) is 13.2 Å². The molecule has 104 valence electrons. The smallest absolute Gasteiger partial charge is 0.177 e. The molecular formula is C17H19NO2. The van der Waals surface area contributed by atoms with Crippen LogP contribution in [0.4, 0.5) is 0 Å². The summed E-state index contributed by atoms with van der Waals surface area (Å²) >= 11 is 0. The molecule has 0 fully saturated rings. The molecule has 0 N–H and O–H groups in total. The number of rotatable bonds is 5. The van der Waals surface area contributed by atoms with Crippen molar-refractivity contribution in [2.75, 3.05) is 6.61 Å². The van der Waals surface area contributed by atoms with E-state index in [0.717, 1.165) is 22.4 Å². The molecule has 1 aromatic carbocycles. The van der Waals surface area contributed by atoms with Crippen molar-refractivity contribution in [3.05, 3.63) is 66.0 Å². The summed E-state index contributed by atoms with van der Waals surface area (Å²) < 4.78 is 7.67. The first-order valence-electron chi connectivity index (χ1n) is 6.60. The number of benzene rings is 1. The van der Waals surface area contributed by atoms with Crippen LogP contribution in [-0.4, -0.2) is 6.61 Å². The monoisotopic (exact) mass is 269 g/mol. The number of pyridine rings is 1. The Morgan fingerprint density at radius 3 is 2.70 bits per heavy atom. The van der Waals surface area contributed by atoms with Gasteiger partial charge in [-0.15, -0.1) is 0 Å². The maximum Gasteiger partial charge on any atom is 0.177 e. The number of aryl methyl sites for hydroxylation is 2. The van der Waals surface area contributed by atoms with Crippen LogP contribution in [0.1, 0.15) is 16.7 Å². The summed E-state index contributed by atoms with van der Waals surface area (Å²) in [6, 6.07) is 7.44. The van der Waals surface area contributed by atoms with E-state index in [4.69, 9.17) is 4.74 Å². The molecule has 1 heterocycles. The third-order valence-electron chi connectivity index (χ3n) is 3.21. The zero-order valence-corrected chi connectivity index (χ0v) is 11.9. The van der Waals surface area contributed by atoms with Crippen LogP contribution < -0.4 is 14.4 Å². The molecule has 0 atom stereocenters. The second-order valence-corrected chi connectivity index (χ2v) is 4.82. The van der Waals surface area contributed by atoms with Crippen molar-refractivity contribution in [2.45, 2.75) is 20.4 Å². The van der Waals surface area contributed by atoms with Crippen LogP contribution >= 0.6 is 0 Å². The first kappa shape index (κ1) is 14.1. The van der Waals surface area contributed by atoms with E-state index in [1.807, 2.05) is 23.8 Å². The average molecular weight is 269 g/mol. The topological polar surface area (TPSA) is 36.2 Å². The lowest BCUT2D eigenvalue weighted by atomic mass is 10.0. The molecule has 20 heavy (non-hydrogen) atoms. The first-order chi connectivity index (χ1) is 9.61. The van der Waals surface area contributed by atoms with Crippen LogP contribution in [-0.2, 0) is 6.54 Å². The second-order valence-electron chi connectivity index (χ2n) is 4.82. The molecule has 0 aliphatic carbocycles. The van der Waals surface area contributed by atoms with Crippen LogP contribution in [0.25, 0.3) is 0 Å². The van der Waals surface area contributed by atoms with Crippen LogP contribution in [0.5, 0.6) is 11.5 Å². The Balaban J connectivity index is 2.38. The minimum absolute atomic E-state index is 0.00589. The average Bonchev–Trinajstić information content (AvgIpc) is 2.42. The number of nitrogens with zero attached hydrogens (tertiary/aromatic N) is 1. The maximum atomic E-state index is 11.4. The van der Waals surface area contributed by atoms with Crippen LogP contribution in [0.2, 0.25) is 0 Å². The van der Waals surface area contributed by atoms with Crippen molar-refractivity contribution in [1.82, 2.24) is 0 Å². The van der Waals surface area contributed by atoms with Crippen molar-refractivity contribution in [2.24, 2.45) is 0 Å². The minimum atomic E-state index is 0.00589. The van der Waals surface area contributed by atoms with Crippen molar-refractivity contribution in [1.29, 1.82) is 0 Å². The summed E-state index contributed by atoms with van der Waals surface area (Å²) in [5.41, 5.74) is 3.34. The lowest BCUT2D eigenvalue weighted by Gasteiger charge is -2.14. The Morgan fingerprint density at radius 1 is 1.25 bits per heavy atom. The highest BCUT2D eigenvalue weighted by molar-refractivity contribution is 5.45. The summed E-state index contributed by atoms with van der Waals surface area (Å²) in [5, 5.41) is 11.4. The van der Waals surface area contributed by atoms with Crippen LogP contribution in [0.3, 0.4) is 0 Å². The van der Waals surface area contributed by atoms with Crippen molar-refractivity contribution < 1.29 is 14.4 Å². The molecule has 0 aliphatic heterocycles. The Kier molecular flexibility index (Phi) is 4.41. The van der Waals surface area contributed by atoms with Crippen LogP contribution in [0.15, 0.2) is 49.3 Å². The molecule has 2 rings (SSSR count). The Labute approximate surface area is 119 Å². The van der Waals surface area contributed by atoms with Crippen LogP contribution in [0, 0.1) is 13.8 Å². The maximum absolute atomic E-state index is 11.4. The van der Waals surface area contributed by atoms with Gasteiger partial charge in [0.05, 0.1) is 5.56 Å². The van der Waals surface area contributed by atoms with E-state index in [9.17, 15) is 5.11 Å². The highest BCUT2D eigenvalue weighted by Gasteiger charge is 2.14. The van der Waals surface area contributed by atoms with Gasteiger partial charge >= 0.3 is 0 Å². The largest absolute Gasteiger partial charge is 0.868 e. The summed E-state index contributed by atoms with van der Waals surface area (Å²) in [7, 11) is 0. The van der Waals surface area contributed by atoms with Gasteiger partial charge in [-0.05, 0) is 30.7 Å². The molecule has 0 saturated heterocycles. The highest BCUT2D eigenvalue weighted by atomic mass is 16.5. The molecule has 0 bridgehead atoms. The third kappa shape index (κ3) is 3.18. The van der Waals surface area contributed by atoms with Gasteiger partial charge < -0.3 is 9.84 Å². The van der Waals surface area contributed by atoms with Crippen molar-refractivity contribution in [3.63, 3.8) is 0 Å². The SMILES string of the molecule is C=CCOc1c(C)ccc(C)c1C[n+]1cccc([O-])c1. The van der Waals surface area contributed by atoms with E-state index < -0.39 is 0 Å². The molecule has 3 nitrogen and oxygen atoms in total. The molecule has 0 saturated carbocycles. The fourth-order valence-corrected chi connectivity index (χ4v) is 2.16. The molecular weight excluding hydrogens is 250 g/mol. The first-order valence-corrected chi connectivity index (χ1v) is 6.60. The van der Waals surface area contributed by atoms with Gasteiger partial charge in [0, 0.05) is 6.07 Å². The predicted molar refractivity (Wildman–Crippen MR) is 76.8 cm³/mol. The molecule has 0 spiro atoms. The highest BCUT2D eigenvalue weighted by Crippen LogP contribution is 2.26. The Morgan fingerprint density at radius 2 is 2.00 bits per heavy atom. The molecule has 0 aliphatic rings. The van der Waals surface area contributed by atoms with E-state index in [-0.39, 0.29) is 5.75 Å². The molecule has 1 aromatic heterocycles. The number of aromatic nitrogens is 1. The third-order valence-corrected chi connectivity index (χ3v) is 3.21. The van der Waals surface area contributed by atoms with Gasteiger partial charge in [0.25, 0.3) is 0 Å². The summed E-state index contributed by atoms with van der Waals surface area (Å²) in [5.74, 6) is 0.889. The van der Waals surface area contributed by atoms with Gasteiger partial charge in [-0.1, -0.05) is 30.9 Å². The fraction of sp³-hybridized carbons (Fsp3) is 0.235. The summed E-state index contributed by atoms with van der Waals surface area (Å²) in [6.07, 6.45) is 5.22. The van der Waals surface area contributed by atoms with Gasteiger partial charge in [0.2, 0.25) is 0 Å². The molecule has 3 heteroatoms. The van der Waals surface area contributed by atoms with Gasteiger partial charge in [-0.25, -0.2) is 4.57 Å². The standard InChI is InChI=1S/C17H19NO2/c1-4-10-20-17-14(3)8-7-13(2)16(17)12-18-9-5-6-15(19)11-18/h4-9,11H,1,10,12H2,2-3H3. The number of ether oxygens (including phenoxy) is 1. The predicted octanol–water partition coefficient (Wildman–Crippen LogP) is 2.28. The van der Waals surface area contributed by atoms with E-state index in [1.165, 1.54) is 0 Å². The minimum Gasteiger partial charge on any atom is -0.868 e. The zero-order valence-electron chi connectivity index (χ0n) is 11.9. The number of hydrogen-bond donors (Lipinski definition) is 0.